The highest BCUT2D eigenvalue weighted by atomic mass is 79.9. The molecule has 0 saturated carbocycles. The molecule has 1 aromatic rings. The van der Waals surface area contributed by atoms with Crippen LogP contribution < -0.4 is 0 Å². The summed E-state index contributed by atoms with van der Waals surface area (Å²) in [7, 11) is 0. The third kappa shape index (κ3) is 2.24. The molecule has 5 heteroatoms. The molecule has 1 rings (SSSR count). The highest BCUT2D eigenvalue weighted by molar-refractivity contribution is 9.10. The Bertz CT molecular complexity index is 343. The van der Waals surface area contributed by atoms with Crippen LogP contribution >= 0.6 is 15.9 Å². The van der Waals surface area contributed by atoms with Crippen molar-refractivity contribution in [3.8, 4) is 0 Å². The Hall–Kier alpha value is -0.970. The monoisotopic (exact) mass is 247 g/mol. The summed E-state index contributed by atoms with van der Waals surface area (Å²) in [6.07, 6.45) is 1.29. The van der Waals surface area contributed by atoms with Gasteiger partial charge in [-0.1, -0.05) is 0 Å². The predicted octanol–water partition coefficient (Wildman–Crippen LogP) is 2.17. The minimum absolute atomic E-state index is 0.0851. The van der Waals surface area contributed by atoms with E-state index in [-0.39, 0.29) is 5.56 Å². The number of aliphatic carboxylic acids is 1. The molecule has 0 amide bonds. The summed E-state index contributed by atoms with van der Waals surface area (Å²) in [5, 5.41) is 8.64. The van der Waals surface area contributed by atoms with Crippen LogP contribution in [-0.4, -0.2) is 16.1 Å². The Kier molecular flexibility index (Phi) is 2.98. The summed E-state index contributed by atoms with van der Waals surface area (Å²) >= 11 is 3.09. The fraction of sp³-hybridized carbons (Fsp3) is 0.250. The molecule has 70 valence electrons. The van der Waals surface area contributed by atoms with Gasteiger partial charge in [-0.05, 0) is 28.9 Å². The lowest BCUT2D eigenvalue weighted by atomic mass is 10.0. The average molecular weight is 248 g/mol. The molecule has 3 nitrogen and oxygen atoms in total. The van der Waals surface area contributed by atoms with Crippen molar-refractivity contribution < 1.29 is 14.3 Å². The van der Waals surface area contributed by atoms with Crippen LogP contribution in [0, 0.1) is 5.95 Å². The minimum atomic E-state index is -1.07. The van der Waals surface area contributed by atoms with Gasteiger partial charge in [0.05, 0.1) is 5.92 Å². The second kappa shape index (κ2) is 3.83. The van der Waals surface area contributed by atoms with Gasteiger partial charge in [0.1, 0.15) is 0 Å². The van der Waals surface area contributed by atoms with E-state index in [2.05, 4.69) is 20.9 Å². The quantitative estimate of drug-likeness (QED) is 0.816. The molecule has 0 aliphatic heterocycles. The molecule has 1 aromatic heterocycles. The molecule has 1 unspecified atom stereocenters. The molecule has 0 aliphatic carbocycles. The lowest BCUT2D eigenvalue weighted by Gasteiger charge is -2.06. The fourth-order valence-corrected chi connectivity index (χ4v) is 1.22. The zero-order chi connectivity index (χ0) is 10.0. The Morgan fingerprint density at radius 1 is 1.77 bits per heavy atom. The van der Waals surface area contributed by atoms with Gasteiger partial charge in [-0.25, -0.2) is 4.98 Å². The normalized spacial score (nSPS) is 12.5. The van der Waals surface area contributed by atoms with E-state index in [0.29, 0.717) is 4.47 Å². The number of aromatic nitrogens is 1. The topological polar surface area (TPSA) is 50.2 Å². The number of halogens is 2. The van der Waals surface area contributed by atoms with E-state index in [0.717, 1.165) is 0 Å². The summed E-state index contributed by atoms with van der Waals surface area (Å²) in [5.74, 6) is -2.69. The van der Waals surface area contributed by atoms with Gasteiger partial charge in [-0.2, -0.15) is 4.39 Å². The molecule has 0 saturated heterocycles. The Morgan fingerprint density at radius 3 is 2.92 bits per heavy atom. The molecular weight excluding hydrogens is 241 g/mol. The Balaban J connectivity index is 3.12. The van der Waals surface area contributed by atoms with Gasteiger partial charge >= 0.3 is 5.97 Å². The molecule has 1 heterocycles. The van der Waals surface area contributed by atoms with Gasteiger partial charge in [0.25, 0.3) is 0 Å². The first-order chi connectivity index (χ1) is 6.02. The van der Waals surface area contributed by atoms with Crippen molar-refractivity contribution in [2.75, 3.05) is 0 Å². The molecule has 1 N–H and O–H groups in total. The van der Waals surface area contributed by atoms with E-state index in [1.54, 1.807) is 0 Å². The second-order valence-electron chi connectivity index (χ2n) is 2.59. The van der Waals surface area contributed by atoms with Crippen molar-refractivity contribution in [3.05, 3.63) is 28.2 Å². The lowest BCUT2D eigenvalue weighted by Crippen LogP contribution is -2.10. The van der Waals surface area contributed by atoms with Crippen LogP contribution in [-0.2, 0) is 4.79 Å². The molecule has 1 atom stereocenters. The van der Waals surface area contributed by atoms with Crippen molar-refractivity contribution in [2.24, 2.45) is 0 Å². The van der Waals surface area contributed by atoms with Crippen LogP contribution in [0.3, 0.4) is 0 Å². The van der Waals surface area contributed by atoms with Gasteiger partial charge < -0.3 is 5.11 Å². The number of carbonyl (C=O) groups is 1. The Morgan fingerprint density at radius 2 is 2.38 bits per heavy atom. The van der Waals surface area contributed by atoms with Crippen molar-refractivity contribution in [1.82, 2.24) is 4.98 Å². The van der Waals surface area contributed by atoms with Gasteiger partial charge in [-0.3, -0.25) is 4.79 Å². The van der Waals surface area contributed by atoms with E-state index in [4.69, 9.17) is 5.11 Å². The van der Waals surface area contributed by atoms with Crippen LogP contribution in [0.2, 0.25) is 0 Å². The smallest absolute Gasteiger partial charge is 0.310 e. The van der Waals surface area contributed by atoms with Crippen molar-refractivity contribution in [2.45, 2.75) is 12.8 Å². The molecule has 13 heavy (non-hydrogen) atoms. The van der Waals surface area contributed by atoms with Crippen LogP contribution in [0.25, 0.3) is 0 Å². The van der Waals surface area contributed by atoms with E-state index >= 15 is 0 Å². The summed E-state index contributed by atoms with van der Waals surface area (Å²) < 4.78 is 13.6. The highest BCUT2D eigenvalue weighted by Gasteiger charge is 2.18. The number of hydrogen-bond donors (Lipinski definition) is 1. The number of carboxylic acid groups (broad SMARTS) is 1. The molecule has 0 radical (unpaired) electrons. The molecule has 0 bridgehead atoms. The first-order valence-electron chi connectivity index (χ1n) is 3.56. The van der Waals surface area contributed by atoms with E-state index in [1.165, 1.54) is 19.2 Å². The van der Waals surface area contributed by atoms with Gasteiger partial charge in [0, 0.05) is 16.2 Å². The maximum atomic E-state index is 13.0. The summed E-state index contributed by atoms with van der Waals surface area (Å²) in [6, 6.07) is 1.42. The summed E-state index contributed by atoms with van der Waals surface area (Å²) in [5.41, 5.74) is 0.0851. The number of nitrogens with zero attached hydrogens (tertiary/aromatic N) is 1. The molecular formula is C8H7BrFNO2. The van der Waals surface area contributed by atoms with Crippen LogP contribution in [0.15, 0.2) is 16.7 Å². The lowest BCUT2D eigenvalue weighted by molar-refractivity contribution is -0.138. The standard InChI is InChI=1S/C8H7BrFNO2/c1-4(8(12)13)6-2-5(9)3-11-7(6)10/h2-4H,1H3,(H,12,13). The number of rotatable bonds is 2. The van der Waals surface area contributed by atoms with Gasteiger partial charge in [-0.15, -0.1) is 0 Å². The molecule has 0 spiro atoms. The third-order valence-electron chi connectivity index (χ3n) is 1.67. The fourth-order valence-electron chi connectivity index (χ4n) is 0.875. The first kappa shape index (κ1) is 10.1. The van der Waals surface area contributed by atoms with E-state index < -0.39 is 17.8 Å². The number of hydrogen-bond acceptors (Lipinski definition) is 2. The molecule has 0 aliphatic rings. The van der Waals surface area contributed by atoms with E-state index in [1.807, 2.05) is 0 Å². The maximum absolute atomic E-state index is 13.0. The largest absolute Gasteiger partial charge is 0.481 e. The summed E-state index contributed by atoms with van der Waals surface area (Å²) in [6.45, 7) is 1.41. The summed E-state index contributed by atoms with van der Waals surface area (Å²) in [4.78, 5) is 14.0. The first-order valence-corrected chi connectivity index (χ1v) is 4.35. The number of carboxylic acids is 1. The van der Waals surface area contributed by atoms with E-state index in [9.17, 15) is 9.18 Å². The third-order valence-corrected chi connectivity index (χ3v) is 2.10. The molecule has 0 fully saturated rings. The second-order valence-corrected chi connectivity index (χ2v) is 3.51. The van der Waals surface area contributed by atoms with Crippen LogP contribution in [0.4, 0.5) is 4.39 Å². The van der Waals surface area contributed by atoms with Gasteiger partial charge in [0.15, 0.2) is 0 Å². The minimum Gasteiger partial charge on any atom is -0.481 e. The average Bonchev–Trinajstić information content (AvgIpc) is 2.08. The van der Waals surface area contributed by atoms with Crippen LogP contribution in [0.5, 0.6) is 0 Å². The Labute approximate surface area is 82.7 Å². The van der Waals surface area contributed by atoms with Crippen molar-refractivity contribution in [1.29, 1.82) is 0 Å². The SMILES string of the molecule is CC(C(=O)O)c1cc(Br)cnc1F. The maximum Gasteiger partial charge on any atom is 0.310 e. The van der Waals surface area contributed by atoms with Crippen molar-refractivity contribution in [3.63, 3.8) is 0 Å². The van der Waals surface area contributed by atoms with Gasteiger partial charge in [0.2, 0.25) is 5.95 Å². The highest BCUT2D eigenvalue weighted by Crippen LogP contribution is 2.21. The van der Waals surface area contributed by atoms with Crippen LogP contribution in [0.1, 0.15) is 18.4 Å². The number of pyridine rings is 1. The molecule has 0 aromatic carbocycles. The zero-order valence-electron chi connectivity index (χ0n) is 6.79. The predicted molar refractivity (Wildman–Crippen MR) is 47.9 cm³/mol. The zero-order valence-corrected chi connectivity index (χ0v) is 8.38. The van der Waals surface area contributed by atoms with Crippen molar-refractivity contribution >= 4 is 21.9 Å².